The molecular formula is C16H18ClN3O3. The van der Waals surface area contributed by atoms with Crippen LogP contribution in [0, 0.1) is 13.8 Å². The van der Waals surface area contributed by atoms with Gasteiger partial charge in [-0.05, 0) is 43.2 Å². The first kappa shape index (κ1) is 17.0. The maximum absolute atomic E-state index is 11.8. The lowest BCUT2D eigenvalue weighted by molar-refractivity contribution is -0.123. The molecule has 0 unspecified atom stereocenters. The molecule has 0 aliphatic rings. The van der Waals surface area contributed by atoms with E-state index in [1.54, 1.807) is 18.2 Å². The van der Waals surface area contributed by atoms with Crippen LogP contribution >= 0.6 is 11.6 Å². The number of nitrogens with one attached hydrogen (secondary N) is 1. The number of hydrogen-bond acceptors (Lipinski definition) is 4. The van der Waals surface area contributed by atoms with E-state index in [2.05, 4.69) is 10.4 Å². The first-order chi connectivity index (χ1) is 11.0. The summed E-state index contributed by atoms with van der Waals surface area (Å²) in [4.78, 5) is 23.2. The van der Waals surface area contributed by atoms with E-state index in [0.29, 0.717) is 23.9 Å². The lowest BCUT2D eigenvalue weighted by Gasteiger charge is -2.10. The van der Waals surface area contributed by atoms with Crippen LogP contribution in [0.5, 0.6) is 5.75 Å². The second-order valence-corrected chi connectivity index (χ2v) is 5.47. The second-order valence-electron chi connectivity index (χ2n) is 5.09. The molecule has 0 aliphatic heterocycles. The third-order valence-electron chi connectivity index (χ3n) is 3.21. The van der Waals surface area contributed by atoms with Crippen molar-refractivity contribution in [2.75, 3.05) is 13.2 Å². The van der Waals surface area contributed by atoms with Gasteiger partial charge in [0.15, 0.2) is 6.61 Å². The Morgan fingerprint density at radius 1 is 1.35 bits per heavy atom. The fraction of sp³-hybridized carbons (Fsp3) is 0.312. The number of halogens is 1. The molecule has 1 N–H and O–H groups in total. The fourth-order valence-corrected chi connectivity index (χ4v) is 2.15. The van der Waals surface area contributed by atoms with E-state index in [1.165, 1.54) is 16.9 Å². The molecule has 0 spiro atoms. The van der Waals surface area contributed by atoms with Crippen molar-refractivity contribution in [3.05, 3.63) is 57.0 Å². The van der Waals surface area contributed by atoms with E-state index < -0.39 is 0 Å². The number of nitrogens with zero attached hydrogens (tertiary/aromatic N) is 2. The van der Waals surface area contributed by atoms with Crippen molar-refractivity contribution in [3.8, 4) is 5.75 Å². The number of carbonyl (C=O) groups excluding carboxylic acids is 1. The molecule has 7 heteroatoms. The normalized spacial score (nSPS) is 10.4. The van der Waals surface area contributed by atoms with Gasteiger partial charge in [0.05, 0.1) is 6.54 Å². The Bertz CT molecular complexity index is 735. The number of aromatic nitrogens is 2. The minimum atomic E-state index is -0.265. The number of rotatable bonds is 6. The Morgan fingerprint density at radius 3 is 2.70 bits per heavy atom. The van der Waals surface area contributed by atoms with Crippen LogP contribution < -0.4 is 15.6 Å². The lowest BCUT2D eigenvalue weighted by Crippen LogP contribution is -2.34. The van der Waals surface area contributed by atoms with Crippen LogP contribution in [-0.4, -0.2) is 28.8 Å². The molecule has 0 fully saturated rings. The fourth-order valence-electron chi connectivity index (χ4n) is 2.05. The van der Waals surface area contributed by atoms with Crippen LogP contribution in [0.1, 0.15) is 11.1 Å². The number of carbonyl (C=O) groups is 1. The summed E-state index contributed by atoms with van der Waals surface area (Å²) in [6, 6.07) is 6.57. The summed E-state index contributed by atoms with van der Waals surface area (Å²) in [6.45, 7) is 4.28. The van der Waals surface area contributed by atoms with E-state index in [-0.39, 0.29) is 18.1 Å². The molecule has 0 aliphatic carbocycles. The zero-order valence-corrected chi connectivity index (χ0v) is 13.8. The van der Waals surface area contributed by atoms with Crippen LogP contribution in [0.15, 0.2) is 35.3 Å². The largest absolute Gasteiger partial charge is 0.484 e. The Balaban J connectivity index is 1.79. The lowest BCUT2D eigenvalue weighted by atomic mass is 10.1. The molecule has 1 amide bonds. The van der Waals surface area contributed by atoms with Gasteiger partial charge in [-0.15, -0.1) is 0 Å². The van der Waals surface area contributed by atoms with Crippen molar-refractivity contribution >= 4 is 17.5 Å². The number of aryl methyl sites for hydroxylation is 2. The molecule has 0 atom stereocenters. The highest BCUT2D eigenvalue weighted by molar-refractivity contribution is 6.32. The third kappa shape index (κ3) is 4.82. The van der Waals surface area contributed by atoms with Crippen molar-refractivity contribution in [1.82, 2.24) is 15.1 Å². The van der Waals surface area contributed by atoms with Gasteiger partial charge in [0.1, 0.15) is 5.75 Å². The zero-order chi connectivity index (χ0) is 16.8. The predicted molar refractivity (Wildman–Crippen MR) is 87.9 cm³/mol. The van der Waals surface area contributed by atoms with Gasteiger partial charge in [0.25, 0.3) is 11.5 Å². The highest BCUT2D eigenvalue weighted by Gasteiger charge is 2.06. The van der Waals surface area contributed by atoms with Crippen molar-refractivity contribution in [3.63, 3.8) is 0 Å². The Labute approximate surface area is 139 Å². The van der Waals surface area contributed by atoms with Crippen LogP contribution in [0.25, 0.3) is 0 Å². The molecule has 6 nitrogen and oxygen atoms in total. The van der Waals surface area contributed by atoms with E-state index >= 15 is 0 Å². The van der Waals surface area contributed by atoms with Crippen LogP contribution in [0.2, 0.25) is 5.02 Å². The topological polar surface area (TPSA) is 73.2 Å². The monoisotopic (exact) mass is 335 g/mol. The highest BCUT2D eigenvalue weighted by Crippen LogP contribution is 2.25. The Hall–Kier alpha value is -2.34. The van der Waals surface area contributed by atoms with Crippen molar-refractivity contribution in [2.24, 2.45) is 0 Å². The summed E-state index contributed by atoms with van der Waals surface area (Å²) in [5.74, 6) is 0.333. The van der Waals surface area contributed by atoms with Crippen molar-refractivity contribution in [1.29, 1.82) is 0 Å². The zero-order valence-electron chi connectivity index (χ0n) is 13.0. The molecule has 23 heavy (non-hydrogen) atoms. The molecule has 1 aromatic carbocycles. The standard InChI is InChI=1S/C16H18ClN3O3/c1-11-8-13(9-12(2)16(11)17)23-10-14(21)18-6-7-20-15(22)4-3-5-19-20/h3-5,8-9H,6-7,10H2,1-2H3,(H,18,21). The van der Waals surface area contributed by atoms with Gasteiger partial charge in [-0.3, -0.25) is 9.59 Å². The molecule has 2 aromatic rings. The van der Waals surface area contributed by atoms with Crippen molar-refractivity contribution in [2.45, 2.75) is 20.4 Å². The molecule has 0 radical (unpaired) electrons. The molecule has 122 valence electrons. The average Bonchev–Trinajstić information content (AvgIpc) is 2.52. The number of hydrogen-bond donors (Lipinski definition) is 1. The minimum Gasteiger partial charge on any atom is -0.484 e. The number of amides is 1. The van der Waals surface area contributed by atoms with Crippen LogP contribution in [0.4, 0.5) is 0 Å². The smallest absolute Gasteiger partial charge is 0.266 e. The molecule has 1 aromatic heterocycles. The molecule has 1 heterocycles. The summed E-state index contributed by atoms with van der Waals surface area (Å²) in [5.41, 5.74) is 1.60. The second kappa shape index (κ2) is 7.78. The highest BCUT2D eigenvalue weighted by atomic mass is 35.5. The van der Waals surface area contributed by atoms with Gasteiger partial charge < -0.3 is 10.1 Å². The average molecular weight is 336 g/mol. The SMILES string of the molecule is Cc1cc(OCC(=O)NCCn2ncccc2=O)cc(C)c1Cl. The summed E-state index contributed by atoms with van der Waals surface area (Å²) in [5, 5.41) is 7.28. The number of benzene rings is 1. The maximum atomic E-state index is 11.8. The number of ether oxygens (including phenoxy) is 1. The predicted octanol–water partition coefficient (Wildman–Crippen LogP) is 1.71. The van der Waals surface area contributed by atoms with E-state index in [4.69, 9.17) is 16.3 Å². The quantitative estimate of drug-likeness (QED) is 0.872. The third-order valence-corrected chi connectivity index (χ3v) is 3.81. The summed E-state index contributed by atoms with van der Waals surface area (Å²) >= 11 is 6.08. The van der Waals surface area contributed by atoms with Crippen molar-refractivity contribution < 1.29 is 9.53 Å². The molecule has 0 bridgehead atoms. The van der Waals surface area contributed by atoms with Gasteiger partial charge in [-0.1, -0.05) is 11.6 Å². The van der Waals surface area contributed by atoms with Gasteiger partial charge >= 0.3 is 0 Å². The van der Waals surface area contributed by atoms with Gasteiger partial charge in [-0.25, -0.2) is 4.68 Å². The molecule has 0 saturated heterocycles. The Morgan fingerprint density at radius 2 is 2.04 bits per heavy atom. The summed E-state index contributed by atoms with van der Waals surface area (Å²) in [6.07, 6.45) is 1.53. The Kier molecular flexibility index (Phi) is 5.76. The first-order valence-electron chi connectivity index (χ1n) is 7.16. The van der Waals surface area contributed by atoms with Gasteiger partial charge in [-0.2, -0.15) is 5.10 Å². The van der Waals surface area contributed by atoms with Crippen LogP contribution in [0.3, 0.4) is 0 Å². The van der Waals surface area contributed by atoms with E-state index in [9.17, 15) is 9.59 Å². The van der Waals surface area contributed by atoms with E-state index in [1.807, 2.05) is 13.8 Å². The molecule has 2 rings (SSSR count). The summed E-state index contributed by atoms with van der Waals surface area (Å²) < 4.78 is 6.74. The first-order valence-corrected chi connectivity index (χ1v) is 7.53. The van der Waals surface area contributed by atoms with E-state index in [0.717, 1.165) is 11.1 Å². The summed E-state index contributed by atoms with van der Waals surface area (Å²) in [7, 11) is 0. The van der Waals surface area contributed by atoms with Crippen LogP contribution in [-0.2, 0) is 11.3 Å². The van der Waals surface area contributed by atoms with Gasteiger partial charge in [0, 0.05) is 23.8 Å². The molecule has 0 saturated carbocycles. The maximum Gasteiger partial charge on any atom is 0.266 e. The molecular weight excluding hydrogens is 318 g/mol. The minimum absolute atomic E-state index is 0.0996. The van der Waals surface area contributed by atoms with Gasteiger partial charge in [0.2, 0.25) is 0 Å².